The maximum atomic E-state index is 3.44. The van der Waals surface area contributed by atoms with Crippen LogP contribution in [0.5, 0.6) is 0 Å². The third-order valence-electron chi connectivity index (χ3n) is 3.41. The molecule has 2 fully saturated rings. The first-order chi connectivity index (χ1) is 5.81. The number of hydrogen-bond donors (Lipinski definition) is 1. The topological polar surface area (TPSA) is 15.3 Å². The van der Waals surface area contributed by atoms with Gasteiger partial charge in [0.25, 0.3) is 0 Å². The predicted molar refractivity (Wildman–Crippen MR) is 51.2 cm³/mol. The molecule has 0 radical (unpaired) electrons. The summed E-state index contributed by atoms with van der Waals surface area (Å²) < 4.78 is 0. The zero-order chi connectivity index (χ0) is 8.55. The molecule has 1 N–H and O–H groups in total. The Balaban J connectivity index is 1.86. The molecular formula is C10H20N2. The van der Waals surface area contributed by atoms with Crippen LogP contribution in [0.4, 0.5) is 0 Å². The molecule has 1 saturated heterocycles. The summed E-state index contributed by atoms with van der Waals surface area (Å²) in [6.45, 7) is 5.02. The van der Waals surface area contributed by atoms with Crippen molar-refractivity contribution in [2.24, 2.45) is 5.92 Å². The van der Waals surface area contributed by atoms with Crippen LogP contribution in [-0.2, 0) is 0 Å². The number of rotatable bonds is 2. The van der Waals surface area contributed by atoms with Crippen LogP contribution in [0.2, 0.25) is 0 Å². The first-order valence-electron chi connectivity index (χ1n) is 5.22. The normalized spacial score (nSPS) is 38.5. The van der Waals surface area contributed by atoms with Crippen molar-refractivity contribution in [1.29, 1.82) is 0 Å². The van der Waals surface area contributed by atoms with Gasteiger partial charge in [-0.3, -0.25) is 4.90 Å². The van der Waals surface area contributed by atoms with Crippen LogP contribution in [0, 0.1) is 5.92 Å². The minimum atomic E-state index is 0.775. The molecular weight excluding hydrogens is 148 g/mol. The second-order valence-electron chi connectivity index (χ2n) is 4.45. The van der Waals surface area contributed by atoms with Crippen LogP contribution in [-0.4, -0.2) is 37.1 Å². The zero-order valence-corrected chi connectivity index (χ0v) is 8.21. The Labute approximate surface area is 75.3 Å². The number of hydrogen-bond acceptors (Lipinski definition) is 2. The second-order valence-corrected chi connectivity index (χ2v) is 4.45. The fourth-order valence-electron chi connectivity index (χ4n) is 2.73. The molecule has 70 valence electrons. The van der Waals surface area contributed by atoms with Crippen LogP contribution in [0.1, 0.15) is 26.2 Å². The van der Waals surface area contributed by atoms with E-state index in [1.165, 1.54) is 32.4 Å². The molecule has 0 aromatic rings. The van der Waals surface area contributed by atoms with Crippen LogP contribution in [0.3, 0.4) is 0 Å². The van der Waals surface area contributed by atoms with E-state index in [1.807, 2.05) is 0 Å². The van der Waals surface area contributed by atoms with Gasteiger partial charge < -0.3 is 5.32 Å². The first-order valence-corrected chi connectivity index (χ1v) is 5.22. The van der Waals surface area contributed by atoms with Gasteiger partial charge >= 0.3 is 0 Å². The van der Waals surface area contributed by atoms with E-state index < -0.39 is 0 Å². The third-order valence-corrected chi connectivity index (χ3v) is 3.41. The number of likely N-dealkylation sites (N-methyl/N-ethyl adjacent to an activating group) is 1. The van der Waals surface area contributed by atoms with E-state index in [0.717, 1.165) is 18.0 Å². The van der Waals surface area contributed by atoms with Crippen molar-refractivity contribution >= 4 is 0 Å². The highest BCUT2D eigenvalue weighted by Gasteiger charge is 2.36. The molecule has 0 aromatic carbocycles. The SMILES string of the molecule is CNC1CCCC1N1CC(C)C1. The van der Waals surface area contributed by atoms with Crippen molar-refractivity contribution in [3.8, 4) is 0 Å². The van der Waals surface area contributed by atoms with Gasteiger partial charge in [0.05, 0.1) is 0 Å². The summed E-state index contributed by atoms with van der Waals surface area (Å²) in [5.41, 5.74) is 0. The summed E-state index contributed by atoms with van der Waals surface area (Å²) >= 11 is 0. The number of nitrogens with zero attached hydrogens (tertiary/aromatic N) is 1. The molecule has 0 bridgehead atoms. The summed E-state index contributed by atoms with van der Waals surface area (Å²) in [6, 6.07) is 1.63. The van der Waals surface area contributed by atoms with E-state index in [9.17, 15) is 0 Å². The van der Waals surface area contributed by atoms with Gasteiger partial charge in [0.1, 0.15) is 0 Å². The lowest BCUT2D eigenvalue weighted by atomic mass is 9.98. The maximum absolute atomic E-state index is 3.44. The Hall–Kier alpha value is -0.0800. The predicted octanol–water partition coefficient (Wildman–Crippen LogP) is 1.08. The maximum Gasteiger partial charge on any atom is 0.0249 e. The summed E-state index contributed by atoms with van der Waals surface area (Å²) in [7, 11) is 2.10. The van der Waals surface area contributed by atoms with E-state index in [0.29, 0.717) is 0 Å². The smallest absolute Gasteiger partial charge is 0.0249 e. The standard InChI is InChI=1S/C10H20N2/c1-8-6-12(7-8)10-5-3-4-9(10)11-2/h8-11H,3-7H2,1-2H3. The average Bonchev–Trinajstić information content (AvgIpc) is 2.45. The molecule has 0 spiro atoms. The van der Waals surface area contributed by atoms with Gasteiger partial charge in [0.2, 0.25) is 0 Å². The van der Waals surface area contributed by atoms with Gasteiger partial charge in [-0.2, -0.15) is 0 Å². The van der Waals surface area contributed by atoms with Crippen LogP contribution in [0.15, 0.2) is 0 Å². The minimum Gasteiger partial charge on any atom is -0.315 e. The van der Waals surface area contributed by atoms with Crippen molar-refractivity contribution in [3.63, 3.8) is 0 Å². The van der Waals surface area contributed by atoms with Gasteiger partial charge in [-0.1, -0.05) is 13.3 Å². The van der Waals surface area contributed by atoms with Crippen molar-refractivity contribution < 1.29 is 0 Å². The minimum absolute atomic E-state index is 0.775. The second kappa shape index (κ2) is 3.35. The highest BCUT2D eigenvalue weighted by molar-refractivity contribution is 4.93. The molecule has 2 atom stereocenters. The lowest BCUT2D eigenvalue weighted by Crippen LogP contribution is -2.55. The molecule has 1 aliphatic carbocycles. The highest BCUT2D eigenvalue weighted by atomic mass is 15.2. The van der Waals surface area contributed by atoms with Gasteiger partial charge in [-0.25, -0.2) is 0 Å². The molecule has 1 aliphatic heterocycles. The van der Waals surface area contributed by atoms with Crippen molar-refractivity contribution in [2.75, 3.05) is 20.1 Å². The molecule has 2 rings (SSSR count). The first kappa shape index (κ1) is 8.52. The van der Waals surface area contributed by atoms with Crippen LogP contribution >= 0.6 is 0 Å². The van der Waals surface area contributed by atoms with E-state index in [1.54, 1.807) is 0 Å². The van der Waals surface area contributed by atoms with Gasteiger partial charge in [-0.15, -0.1) is 0 Å². The summed E-state index contributed by atoms with van der Waals surface area (Å²) in [5.74, 6) is 0.947. The van der Waals surface area contributed by atoms with Crippen molar-refractivity contribution in [2.45, 2.75) is 38.3 Å². The van der Waals surface area contributed by atoms with Crippen molar-refractivity contribution in [1.82, 2.24) is 10.2 Å². The van der Waals surface area contributed by atoms with Gasteiger partial charge in [-0.05, 0) is 25.8 Å². The molecule has 12 heavy (non-hydrogen) atoms. The lowest BCUT2D eigenvalue weighted by molar-refractivity contribution is 0.0536. The third kappa shape index (κ3) is 1.38. The molecule has 2 heteroatoms. The Morgan fingerprint density at radius 1 is 1.25 bits per heavy atom. The fraction of sp³-hybridized carbons (Fsp3) is 1.00. The molecule has 0 amide bonds. The van der Waals surface area contributed by atoms with Crippen LogP contribution < -0.4 is 5.32 Å². The number of likely N-dealkylation sites (tertiary alicyclic amines) is 1. The molecule has 1 heterocycles. The summed E-state index contributed by atoms with van der Waals surface area (Å²) in [5, 5.41) is 3.44. The highest BCUT2D eigenvalue weighted by Crippen LogP contribution is 2.29. The Morgan fingerprint density at radius 2 is 2.00 bits per heavy atom. The average molecular weight is 168 g/mol. The lowest BCUT2D eigenvalue weighted by Gasteiger charge is -2.43. The Kier molecular flexibility index (Phi) is 2.37. The monoisotopic (exact) mass is 168 g/mol. The van der Waals surface area contributed by atoms with E-state index in [2.05, 4.69) is 24.2 Å². The van der Waals surface area contributed by atoms with Gasteiger partial charge in [0.15, 0.2) is 0 Å². The van der Waals surface area contributed by atoms with E-state index >= 15 is 0 Å². The quantitative estimate of drug-likeness (QED) is 0.663. The Morgan fingerprint density at radius 3 is 2.58 bits per heavy atom. The largest absolute Gasteiger partial charge is 0.315 e. The van der Waals surface area contributed by atoms with Gasteiger partial charge in [0, 0.05) is 25.2 Å². The zero-order valence-electron chi connectivity index (χ0n) is 8.21. The summed E-state index contributed by atoms with van der Waals surface area (Å²) in [4.78, 5) is 2.65. The van der Waals surface area contributed by atoms with Crippen LogP contribution in [0.25, 0.3) is 0 Å². The fourth-order valence-corrected chi connectivity index (χ4v) is 2.73. The molecule has 1 saturated carbocycles. The molecule has 2 nitrogen and oxygen atoms in total. The molecule has 0 aromatic heterocycles. The Bertz CT molecular complexity index is 152. The molecule has 2 aliphatic rings. The van der Waals surface area contributed by atoms with Crippen molar-refractivity contribution in [3.05, 3.63) is 0 Å². The van der Waals surface area contributed by atoms with E-state index in [-0.39, 0.29) is 0 Å². The molecule has 2 unspecified atom stereocenters. The number of nitrogens with one attached hydrogen (secondary N) is 1. The van der Waals surface area contributed by atoms with E-state index in [4.69, 9.17) is 0 Å². The summed E-state index contributed by atoms with van der Waals surface area (Å²) in [6.07, 6.45) is 4.21.